The van der Waals surface area contributed by atoms with Crippen LogP contribution in [-0.4, -0.2) is 24.0 Å². The minimum Gasteiger partial charge on any atom is -0.493 e. The lowest BCUT2D eigenvalue weighted by Crippen LogP contribution is -2.15. The summed E-state index contributed by atoms with van der Waals surface area (Å²) in [5.74, 6) is 1.41. The Labute approximate surface area is 196 Å². The van der Waals surface area contributed by atoms with Gasteiger partial charge < -0.3 is 14.8 Å². The van der Waals surface area contributed by atoms with Crippen molar-refractivity contribution in [1.82, 2.24) is 4.98 Å². The summed E-state index contributed by atoms with van der Waals surface area (Å²) in [7, 11) is 1.61. The van der Waals surface area contributed by atoms with Crippen molar-refractivity contribution in [3.8, 4) is 11.5 Å². The second-order valence-corrected chi connectivity index (χ2v) is 8.25. The smallest absolute Gasteiger partial charge is 0.162 e. The summed E-state index contributed by atoms with van der Waals surface area (Å²) in [5, 5.41) is 3.86. The van der Waals surface area contributed by atoms with E-state index >= 15 is 0 Å². The standard InChI is InChI=1S/C24H22Cl2FN3O2/c1-31-21-11-6-15(12-22(21)32-18-4-2-3-5-18)24(29-17-9-7-16(27)8-10-17)30-23-19(25)13-28-14-20(23)26/h6-14,18H,2-5H2,1H3,(H,28,29,30). The Morgan fingerprint density at radius 1 is 1.03 bits per heavy atom. The van der Waals surface area contributed by atoms with Crippen LogP contribution in [0.15, 0.2) is 59.9 Å². The second kappa shape index (κ2) is 10.2. The van der Waals surface area contributed by atoms with Crippen molar-refractivity contribution >= 4 is 40.4 Å². The average Bonchev–Trinajstić information content (AvgIpc) is 3.30. The highest BCUT2D eigenvalue weighted by atomic mass is 35.5. The van der Waals surface area contributed by atoms with E-state index in [4.69, 9.17) is 32.7 Å². The zero-order valence-corrected chi connectivity index (χ0v) is 19.0. The number of ether oxygens (including phenoxy) is 2. The van der Waals surface area contributed by atoms with Crippen molar-refractivity contribution in [3.63, 3.8) is 0 Å². The summed E-state index contributed by atoms with van der Waals surface area (Å²) in [6, 6.07) is 11.6. The summed E-state index contributed by atoms with van der Waals surface area (Å²) in [6.07, 6.45) is 7.47. The normalized spacial score (nSPS) is 14.4. The van der Waals surface area contributed by atoms with E-state index in [2.05, 4.69) is 15.3 Å². The molecule has 1 aliphatic carbocycles. The maximum absolute atomic E-state index is 13.4. The minimum absolute atomic E-state index is 0.161. The maximum Gasteiger partial charge on any atom is 0.162 e. The molecule has 3 aromatic rings. The molecule has 32 heavy (non-hydrogen) atoms. The second-order valence-electron chi connectivity index (χ2n) is 7.43. The topological polar surface area (TPSA) is 55.7 Å². The number of amidine groups is 1. The Bertz CT molecular complexity index is 1100. The van der Waals surface area contributed by atoms with Gasteiger partial charge in [-0.15, -0.1) is 0 Å². The van der Waals surface area contributed by atoms with Crippen molar-refractivity contribution in [2.75, 3.05) is 12.4 Å². The average molecular weight is 474 g/mol. The van der Waals surface area contributed by atoms with E-state index in [1.807, 2.05) is 18.2 Å². The minimum atomic E-state index is -0.328. The molecule has 166 valence electrons. The van der Waals surface area contributed by atoms with Gasteiger partial charge in [-0.05, 0) is 68.1 Å². The highest BCUT2D eigenvalue weighted by Crippen LogP contribution is 2.35. The van der Waals surface area contributed by atoms with Crippen LogP contribution in [0, 0.1) is 5.82 Å². The Morgan fingerprint density at radius 3 is 2.38 bits per heavy atom. The molecule has 1 saturated carbocycles. The fraction of sp³-hybridized carbons (Fsp3) is 0.250. The van der Waals surface area contributed by atoms with Gasteiger partial charge in [0.1, 0.15) is 17.3 Å². The number of aliphatic imine (C=N–C) groups is 1. The molecule has 0 saturated heterocycles. The molecule has 4 rings (SSSR count). The number of hydrogen-bond acceptors (Lipinski definition) is 4. The molecule has 0 bridgehead atoms. The van der Waals surface area contributed by atoms with Crippen molar-refractivity contribution in [3.05, 3.63) is 76.3 Å². The third kappa shape index (κ3) is 5.31. The van der Waals surface area contributed by atoms with E-state index in [9.17, 15) is 4.39 Å². The van der Waals surface area contributed by atoms with Gasteiger partial charge in [-0.3, -0.25) is 4.98 Å². The molecule has 0 spiro atoms. The number of methoxy groups -OCH3 is 1. The number of pyridine rings is 1. The van der Waals surface area contributed by atoms with E-state index in [0.29, 0.717) is 38.8 Å². The molecular weight excluding hydrogens is 452 g/mol. The van der Waals surface area contributed by atoms with Crippen LogP contribution in [0.2, 0.25) is 10.0 Å². The van der Waals surface area contributed by atoms with Crippen LogP contribution in [0.1, 0.15) is 31.2 Å². The number of hydrogen-bond donors (Lipinski definition) is 1. The third-order valence-corrected chi connectivity index (χ3v) is 5.74. The maximum atomic E-state index is 13.4. The molecule has 1 aromatic heterocycles. The van der Waals surface area contributed by atoms with Gasteiger partial charge >= 0.3 is 0 Å². The molecule has 0 unspecified atom stereocenters. The van der Waals surface area contributed by atoms with Crippen LogP contribution in [0.4, 0.5) is 15.8 Å². The van der Waals surface area contributed by atoms with Crippen molar-refractivity contribution in [2.24, 2.45) is 4.99 Å². The Kier molecular flexibility index (Phi) is 7.12. The molecule has 8 heteroatoms. The van der Waals surface area contributed by atoms with Crippen LogP contribution < -0.4 is 14.8 Å². The van der Waals surface area contributed by atoms with Gasteiger partial charge in [0.2, 0.25) is 0 Å². The SMILES string of the molecule is COc1ccc(C(=Nc2c(Cl)cncc2Cl)Nc2ccc(F)cc2)cc1OC1CCCC1. The molecular formula is C24H22Cl2FN3O2. The summed E-state index contributed by atoms with van der Waals surface area (Å²) >= 11 is 12.6. The summed E-state index contributed by atoms with van der Waals surface area (Å²) < 4.78 is 25.1. The zero-order valence-electron chi connectivity index (χ0n) is 17.4. The number of anilines is 1. The van der Waals surface area contributed by atoms with Crippen molar-refractivity contribution in [2.45, 2.75) is 31.8 Å². The Hall–Kier alpha value is -2.83. The van der Waals surface area contributed by atoms with Crippen LogP contribution >= 0.6 is 23.2 Å². The highest BCUT2D eigenvalue weighted by Gasteiger charge is 2.20. The Balaban J connectivity index is 1.76. The molecule has 0 amide bonds. The number of nitrogens with one attached hydrogen (secondary N) is 1. The van der Waals surface area contributed by atoms with Crippen LogP contribution in [0.25, 0.3) is 0 Å². The van der Waals surface area contributed by atoms with Gasteiger partial charge in [-0.2, -0.15) is 0 Å². The number of rotatable bonds is 6. The summed E-state index contributed by atoms with van der Waals surface area (Å²) in [5.41, 5.74) is 1.76. The van der Waals surface area contributed by atoms with E-state index in [-0.39, 0.29) is 11.9 Å². The first-order valence-corrected chi connectivity index (χ1v) is 11.0. The molecule has 1 fully saturated rings. The zero-order chi connectivity index (χ0) is 22.5. The molecule has 1 heterocycles. The first-order chi connectivity index (χ1) is 15.5. The van der Waals surface area contributed by atoms with Gasteiger partial charge in [-0.25, -0.2) is 9.38 Å². The first kappa shape index (κ1) is 22.4. The highest BCUT2D eigenvalue weighted by molar-refractivity contribution is 6.38. The van der Waals surface area contributed by atoms with E-state index < -0.39 is 0 Å². The third-order valence-electron chi connectivity index (χ3n) is 5.19. The molecule has 0 aliphatic heterocycles. The van der Waals surface area contributed by atoms with Gasteiger partial charge in [0.25, 0.3) is 0 Å². The van der Waals surface area contributed by atoms with Crippen molar-refractivity contribution < 1.29 is 13.9 Å². The van der Waals surface area contributed by atoms with Gasteiger partial charge in [0, 0.05) is 23.6 Å². The predicted octanol–water partition coefficient (Wildman–Crippen LogP) is 7.05. The number of benzene rings is 2. The van der Waals surface area contributed by atoms with Crippen LogP contribution in [-0.2, 0) is 0 Å². The molecule has 0 radical (unpaired) electrons. The van der Waals surface area contributed by atoms with Gasteiger partial charge in [0.05, 0.1) is 23.3 Å². The monoisotopic (exact) mass is 473 g/mol. The number of halogens is 3. The van der Waals surface area contributed by atoms with E-state index in [1.54, 1.807) is 19.2 Å². The molecule has 0 atom stereocenters. The largest absolute Gasteiger partial charge is 0.493 e. The molecule has 1 N–H and O–H groups in total. The van der Waals surface area contributed by atoms with Gasteiger partial charge in [-0.1, -0.05) is 23.2 Å². The number of nitrogens with zero attached hydrogens (tertiary/aromatic N) is 2. The van der Waals surface area contributed by atoms with Crippen LogP contribution in [0.3, 0.4) is 0 Å². The molecule has 2 aromatic carbocycles. The first-order valence-electron chi connectivity index (χ1n) is 10.3. The van der Waals surface area contributed by atoms with Crippen LogP contribution in [0.5, 0.6) is 11.5 Å². The molecule has 1 aliphatic rings. The fourth-order valence-corrected chi connectivity index (χ4v) is 4.01. The van der Waals surface area contributed by atoms with Gasteiger partial charge in [0.15, 0.2) is 11.5 Å². The summed E-state index contributed by atoms with van der Waals surface area (Å²) in [6.45, 7) is 0. The lowest BCUT2D eigenvalue weighted by Gasteiger charge is -2.18. The van der Waals surface area contributed by atoms with E-state index in [1.165, 1.54) is 24.5 Å². The molecule has 5 nitrogen and oxygen atoms in total. The fourth-order valence-electron chi connectivity index (χ4n) is 3.56. The lowest BCUT2D eigenvalue weighted by molar-refractivity contribution is 0.201. The summed E-state index contributed by atoms with van der Waals surface area (Å²) in [4.78, 5) is 8.67. The van der Waals surface area contributed by atoms with E-state index in [0.717, 1.165) is 31.2 Å². The quantitative estimate of drug-likeness (QED) is 0.307. The van der Waals surface area contributed by atoms with Crippen molar-refractivity contribution in [1.29, 1.82) is 0 Å². The number of aromatic nitrogens is 1. The Morgan fingerprint density at radius 2 is 1.72 bits per heavy atom. The predicted molar refractivity (Wildman–Crippen MR) is 126 cm³/mol. The lowest BCUT2D eigenvalue weighted by atomic mass is 10.1.